The molecule has 2 heterocycles. The molecule has 0 spiro atoms. The fraction of sp³-hybridized carbons (Fsp3) is 0.714. The first-order valence-corrected chi connectivity index (χ1v) is 8.96. The summed E-state index contributed by atoms with van der Waals surface area (Å²) in [5.41, 5.74) is 0. The van der Waals surface area contributed by atoms with Gasteiger partial charge in [-0.1, -0.05) is 24.3 Å². The van der Waals surface area contributed by atoms with Gasteiger partial charge in [0.1, 0.15) is 6.61 Å². The molecule has 9 heteroatoms. The number of hydrogen-bond donors (Lipinski definition) is 2. The van der Waals surface area contributed by atoms with Crippen molar-refractivity contribution in [2.45, 2.75) is 38.3 Å². The molecule has 1 aliphatic rings. The summed E-state index contributed by atoms with van der Waals surface area (Å²) in [6, 6.07) is -0.0800. The molecule has 0 unspecified atom stereocenters. The van der Waals surface area contributed by atoms with Crippen LogP contribution >= 0.6 is 11.8 Å². The molecule has 2 N–H and O–H groups in total. The zero-order chi connectivity index (χ0) is 16.5. The first kappa shape index (κ1) is 17.7. The molecule has 8 nitrogen and oxygen atoms in total. The van der Waals surface area contributed by atoms with Crippen molar-refractivity contribution in [2.75, 3.05) is 24.7 Å². The lowest BCUT2D eigenvalue weighted by molar-refractivity contribution is 0.159. The molecular formula is C14H23N5O3S. The van der Waals surface area contributed by atoms with E-state index in [2.05, 4.69) is 20.6 Å². The maximum Gasteiger partial charge on any atom is 0.410 e. The molecule has 1 aliphatic heterocycles. The van der Waals surface area contributed by atoms with Crippen LogP contribution < -0.4 is 0 Å². The molecule has 2 atom stereocenters. The normalized spacial score (nSPS) is 19.5. The number of aryl methyl sites for hydroxylation is 1. The second-order valence-electron chi connectivity index (χ2n) is 5.24. The number of aliphatic hydroxyl groups excluding tert-OH is 1. The quantitative estimate of drug-likeness (QED) is 0.483. The minimum Gasteiger partial charge on any atom is -0.447 e. The Morgan fingerprint density at radius 1 is 1.57 bits per heavy atom. The molecule has 0 bridgehead atoms. The number of nitrogens with zero attached hydrogens (tertiary/aromatic N) is 4. The Morgan fingerprint density at radius 3 is 3.17 bits per heavy atom. The van der Waals surface area contributed by atoms with Crippen molar-refractivity contribution in [3.63, 3.8) is 0 Å². The van der Waals surface area contributed by atoms with E-state index in [0.717, 1.165) is 30.2 Å². The molecule has 1 aromatic heterocycles. The fourth-order valence-corrected chi connectivity index (χ4v) is 3.04. The second kappa shape index (κ2) is 9.51. The predicted molar refractivity (Wildman–Crippen MR) is 87.1 cm³/mol. The van der Waals surface area contributed by atoms with Crippen molar-refractivity contribution in [2.24, 2.45) is 0 Å². The molecule has 128 valence electrons. The van der Waals surface area contributed by atoms with Crippen LogP contribution in [0.3, 0.4) is 0 Å². The van der Waals surface area contributed by atoms with Crippen LogP contribution in [0, 0.1) is 0 Å². The summed E-state index contributed by atoms with van der Waals surface area (Å²) in [5.74, 6) is 2.56. The van der Waals surface area contributed by atoms with Gasteiger partial charge in [0.05, 0.1) is 12.1 Å². The number of aliphatic hydroxyl groups is 1. The highest BCUT2D eigenvalue weighted by molar-refractivity contribution is 7.99. The number of carbonyl (C=O) groups excluding carboxylic acids is 1. The number of thioether (sulfide) groups is 1. The number of amides is 1. The minimum absolute atomic E-state index is 0.0800. The van der Waals surface area contributed by atoms with E-state index in [1.54, 1.807) is 22.7 Å². The van der Waals surface area contributed by atoms with Crippen LogP contribution in [-0.2, 0) is 11.2 Å². The molecular weight excluding hydrogens is 318 g/mol. The Labute approximate surface area is 139 Å². The van der Waals surface area contributed by atoms with Gasteiger partial charge in [0, 0.05) is 18.7 Å². The maximum atomic E-state index is 11.7. The van der Waals surface area contributed by atoms with E-state index < -0.39 is 6.10 Å². The number of cyclic esters (lactones) is 1. The van der Waals surface area contributed by atoms with Crippen LogP contribution in [0.4, 0.5) is 4.79 Å². The molecule has 1 fully saturated rings. The first-order chi connectivity index (χ1) is 11.2. The number of ether oxygens (including phenoxy) is 1. The van der Waals surface area contributed by atoms with Gasteiger partial charge in [0.25, 0.3) is 0 Å². The molecule has 0 aromatic carbocycles. The number of rotatable bonds is 10. The number of hydrogen-bond acceptors (Lipinski definition) is 7. The van der Waals surface area contributed by atoms with E-state index in [1.807, 2.05) is 13.0 Å². The van der Waals surface area contributed by atoms with E-state index in [1.165, 1.54) is 0 Å². The van der Waals surface area contributed by atoms with Gasteiger partial charge in [-0.05, 0) is 18.6 Å². The van der Waals surface area contributed by atoms with E-state index >= 15 is 0 Å². The lowest BCUT2D eigenvalue weighted by atomic mass is 10.2. The third-order valence-electron chi connectivity index (χ3n) is 3.54. The Bertz CT molecular complexity index is 497. The number of aromatic amines is 1. The molecule has 1 amide bonds. The summed E-state index contributed by atoms with van der Waals surface area (Å²) in [5, 5.41) is 23.3. The second-order valence-corrected chi connectivity index (χ2v) is 6.47. The number of carbonyl (C=O) groups is 1. The largest absolute Gasteiger partial charge is 0.447 e. The third-order valence-corrected chi connectivity index (χ3v) is 4.59. The van der Waals surface area contributed by atoms with Gasteiger partial charge in [-0.15, -0.1) is 10.2 Å². The Morgan fingerprint density at radius 2 is 2.43 bits per heavy atom. The zero-order valence-electron chi connectivity index (χ0n) is 13.2. The summed E-state index contributed by atoms with van der Waals surface area (Å²) in [6.45, 7) is 2.91. The van der Waals surface area contributed by atoms with Crippen LogP contribution in [0.2, 0.25) is 0 Å². The monoisotopic (exact) mass is 341 g/mol. The molecule has 0 radical (unpaired) electrons. The molecule has 0 saturated carbocycles. The SMILES string of the molecule is CC[C@H](O)/C=C/[C@H]1COC(=O)N1CCSCCCc1nn[nH]n1. The molecule has 0 aliphatic carbocycles. The Balaban J connectivity index is 1.64. The van der Waals surface area contributed by atoms with E-state index in [-0.39, 0.29) is 12.1 Å². The van der Waals surface area contributed by atoms with Crippen molar-refractivity contribution in [3.05, 3.63) is 18.0 Å². The van der Waals surface area contributed by atoms with Gasteiger partial charge in [-0.3, -0.25) is 4.90 Å². The van der Waals surface area contributed by atoms with Crippen LogP contribution in [0.1, 0.15) is 25.6 Å². The highest BCUT2D eigenvalue weighted by atomic mass is 32.2. The maximum absolute atomic E-state index is 11.7. The average Bonchev–Trinajstić information content (AvgIpc) is 3.19. The number of tetrazole rings is 1. The van der Waals surface area contributed by atoms with Crippen LogP contribution in [0.5, 0.6) is 0 Å². The van der Waals surface area contributed by atoms with Crippen molar-refractivity contribution in [1.29, 1.82) is 0 Å². The summed E-state index contributed by atoms with van der Waals surface area (Å²) in [4.78, 5) is 13.5. The fourth-order valence-electron chi connectivity index (χ4n) is 2.16. The first-order valence-electron chi connectivity index (χ1n) is 7.80. The third kappa shape index (κ3) is 5.83. The van der Waals surface area contributed by atoms with Crippen LogP contribution in [0.15, 0.2) is 12.2 Å². The van der Waals surface area contributed by atoms with Gasteiger partial charge in [0.2, 0.25) is 0 Å². The Hall–Kier alpha value is -1.61. The predicted octanol–water partition coefficient (Wildman–Crippen LogP) is 1.01. The van der Waals surface area contributed by atoms with Crippen molar-refractivity contribution in [1.82, 2.24) is 25.5 Å². The standard InChI is InChI=1S/C14H23N5O3S/c1-2-12(20)6-5-11-10-22-14(21)19(11)7-9-23-8-3-4-13-15-17-18-16-13/h5-6,11-12,20H,2-4,7-10H2,1H3,(H,15,16,17,18)/b6-5+/t11-,12-/m0/s1. The number of aromatic nitrogens is 4. The van der Waals surface area contributed by atoms with E-state index in [4.69, 9.17) is 4.74 Å². The summed E-state index contributed by atoms with van der Waals surface area (Å²) in [6.07, 6.45) is 5.28. The van der Waals surface area contributed by atoms with Crippen molar-refractivity contribution in [3.8, 4) is 0 Å². The lowest BCUT2D eigenvalue weighted by Crippen LogP contribution is -2.34. The summed E-state index contributed by atoms with van der Waals surface area (Å²) < 4.78 is 5.09. The van der Waals surface area contributed by atoms with Crippen molar-refractivity contribution >= 4 is 17.9 Å². The molecule has 1 aromatic rings. The van der Waals surface area contributed by atoms with Gasteiger partial charge < -0.3 is 9.84 Å². The summed E-state index contributed by atoms with van der Waals surface area (Å²) in [7, 11) is 0. The highest BCUT2D eigenvalue weighted by Crippen LogP contribution is 2.16. The van der Waals surface area contributed by atoms with Gasteiger partial charge in [-0.25, -0.2) is 4.79 Å². The Kier molecular flexibility index (Phi) is 7.34. The topological polar surface area (TPSA) is 104 Å². The lowest BCUT2D eigenvalue weighted by Gasteiger charge is -2.18. The molecule has 1 saturated heterocycles. The van der Waals surface area contributed by atoms with E-state index in [0.29, 0.717) is 19.6 Å². The van der Waals surface area contributed by atoms with Crippen LogP contribution in [-0.4, -0.2) is 73.5 Å². The molecule has 23 heavy (non-hydrogen) atoms. The van der Waals surface area contributed by atoms with Crippen molar-refractivity contribution < 1.29 is 14.6 Å². The number of H-pyrrole nitrogens is 1. The van der Waals surface area contributed by atoms with Gasteiger partial charge in [0.15, 0.2) is 5.82 Å². The average molecular weight is 341 g/mol. The van der Waals surface area contributed by atoms with Gasteiger partial charge >= 0.3 is 6.09 Å². The number of nitrogens with one attached hydrogen (secondary N) is 1. The zero-order valence-corrected chi connectivity index (χ0v) is 14.0. The van der Waals surface area contributed by atoms with Gasteiger partial charge in [-0.2, -0.15) is 17.0 Å². The highest BCUT2D eigenvalue weighted by Gasteiger charge is 2.30. The minimum atomic E-state index is -0.466. The summed E-state index contributed by atoms with van der Waals surface area (Å²) >= 11 is 1.79. The van der Waals surface area contributed by atoms with E-state index in [9.17, 15) is 9.90 Å². The smallest absolute Gasteiger partial charge is 0.410 e. The van der Waals surface area contributed by atoms with Crippen LogP contribution in [0.25, 0.3) is 0 Å². The molecule has 2 rings (SSSR count).